The van der Waals surface area contributed by atoms with Crippen LogP contribution in [0.2, 0.25) is 0 Å². The van der Waals surface area contributed by atoms with Crippen LogP contribution < -0.4 is 4.74 Å². The summed E-state index contributed by atoms with van der Waals surface area (Å²) in [6, 6.07) is 5.83. The predicted molar refractivity (Wildman–Crippen MR) is 88.7 cm³/mol. The van der Waals surface area contributed by atoms with Crippen molar-refractivity contribution in [2.75, 3.05) is 6.61 Å². The molecule has 0 radical (unpaired) electrons. The second-order valence-electron chi connectivity index (χ2n) is 5.94. The van der Waals surface area contributed by atoms with Crippen LogP contribution in [0.4, 0.5) is 0 Å². The van der Waals surface area contributed by atoms with E-state index in [2.05, 4.69) is 29.4 Å². The van der Waals surface area contributed by atoms with E-state index in [4.69, 9.17) is 9.47 Å². The van der Waals surface area contributed by atoms with Crippen LogP contribution in [0, 0.1) is 6.92 Å². The summed E-state index contributed by atoms with van der Waals surface area (Å²) in [5, 5.41) is 11.3. The first-order valence-corrected chi connectivity index (χ1v) is 8.15. The molecule has 0 amide bonds. The highest BCUT2D eigenvalue weighted by Crippen LogP contribution is 2.23. The van der Waals surface area contributed by atoms with Gasteiger partial charge >= 0.3 is 5.97 Å². The zero-order valence-corrected chi connectivity index (χ0v) is 14.7. The largest absolute Gasteiger partial charge is 0.482 e. The Morgan fingerprint density at radius 3 is 2.79 bits per heavy atom. The Morgan fingerprint density at radius 1 is 1.33 bits per heavy atom. The number of esters is 1. The van der Waals surface area contributed by atoms with E-state index in [1.54, 1.807) is 4.68 Å². The zero-order chi connectivity index (χ0) is 17.5. The number of tetrazole rings is 1. The van der Waals surface area contributed by atoms with Crippen LogP contribution in [0.5, 0.6) is 5.75 Å². The third-order valence-corrected chi connectivity index (χ3v) is 3.62. The van der Waals surface area contributed by atoms with E-state index in [1.165, 1.54) is 5.56 Å². The number of ether oxygens (including phenoxy) is 2. The van der Waals surface area contributed by atoms with E-state index >= 15 is 0 Å². The van der Waals surface area contributed by atoms with Gasteiger partial charge < -0.3 is 9.47 Å². The molecule has 7 nitrogen and oxygen atoms in total. The number of hydrogen-bond acceptors (Lipinski definition) is 6. The maximum absolute atomic E-state index is 11.8. The number of benzene rings is 1. The van der Waals surface area contributed by atoms with Gasteiger partial charge in [0.25, 0.3) is 0 Å². The molecule has 0 aliphatic heterocycles. The normalized spacial score (nSPS) is 10.9. The summed E-state index contributed by atoms with van der Waals surface area (Å²) in [5.74, 6) is 1.19. The van der Waals surface area contributed by atoms with Crippen LogP contribution in [0.1, 0.15) is 50.1 Å². The molecule has 0 fully saturated rings. The highest BCUT2D eigenvalue weighted by molar-refractivity contribution is 5.71. The molecule has 7 heteroatoms. The van der Waals surface area contributed by atoms with Crippen molar-refractivity contribution in [1.82, 2.24) is 20.2 Å². The third-order valence-electron chi connectivity index (χ3n) is 3.62. The van der Waals surface area contributed by atoms with Crippen LogP contribution in [-0.2, 0) is 22.7 Å². The number of nitrogens with zero attached hydrogens (tertiary/aromatic N) is 4. The monoisotopic (exact) mass is 332 g/mol. The van der Waals surface area contributed by atoms with Gasteiger partial charge in [0.15, 0.2) is 19.0 Å². The number of rotatable bonds is 8. The van der Waals surface area contributed by atoms with Crippen molar-refractivity contribution in [2.45, 2.75) is 53.2 Å². The summed E-state index contributed by atoms with van der Waals surface area (Å²) < 4.78 is 12.3. The molecule has 0 spiro atoms. The van der Waals surface area contributed by atoms with Gasteiger partial charge in [-0.3, -0.25) is 0 Å². The topological polar surface area (TPSA) is 79.1 Å². The van der Waals surface area contributed by atoms with Gasteiger partial charge in [-0.05, 0) is 52.9 Å². The molecule has 0 bridgehead atoms. The quantitative estimate of drug-likeness (QED) is 0.691. The first kappa shape index (κ1) is 17.9. The molecule has 0 aliphatic rings. The summed E-state index contributed by atoms with van der Waals surface area (Å²) in [7, 11) is 0. The van der Waals surface area contributed by atoms with E-state index in [-0.39, 0.29) is 13.2 Å². The van der Waals surface area contributed by atoms with Crippen molar-refractivity contribution >= 4 is 5.97 Å². The van der Waals surface area contributed by atoms with Gasteiger partial charge in [-0.2, -0.15) is 0 Å². The van der Waals surface area contributed by atoms with Crippen molar-refractivity contribution < 1.29 is 14.3 Å². The molecular weight excluding hydrogens is 308 g/mol. The molecule has 24 heavy (non-hydrogen) atoms. The standard InChI is InChI=1S/C17H24N4O3/c1-5-8-21-16(18-19-20-21)10-24-17(22)11-23-14-6-7-15(12(2)3)13(4)9-14/h6-7,9,12H,5,8,10-11H2,1-4H3. The summed E-state index contributed by atoms with van der Waals surface area (Å²) in [6.07, 6.45) is 0.904. The SMILES string of the molecule is CCCn1nnnc1COC(=O)COc1ccc(C(C)C)c(C)c1. The van der Waals surface area contributed by atoms with Gasteiger partial charge in [0.05, 0.1) is 0 Å². The third kappa shape index (κ3) is 4.78. The molecule has 1 aromatic carbocycles. The number of aromatic nitrogens is 4. The molecular formula is C17H24N4O3. The molecule has 0 N–H and O–H groups in total. The molecule has 0 saturated carbocycles. The Bertz CT molecular complexity index is 682. The van der Waals surface area contributed by atoms with Crippen LogP contribution in [0.3, 0.4) is 0 Å². The molecule has 0 atom stereocenters. The minimum absolute atomic E-state index is 0.0422. The van der Waals surface area contributed by atoms with E-state index in [0.717, 1.165) is 12.0 Å². The molecule has 2 rings (SSSR count). The van der Waals surface area contributed by atoms with Gasteiger partial charge in [0.1, 0.15) is 5.75 Å². The second kappa shape index (κ2) is 8.42. The number of aryl methyl sites for hydroxylation is 2. The fourth-order valence-corrected chi connectivity index (χ4v) is 2.43. The number of carbonyl (C=O) groups is 1. The van der Waals surface area contributed by atoms with Crippen molar-refractivity contribution in [3.8, 4) is 5.75 Å². The van der Waals surface area contributed by atoms with E-state index < -0.39 is 5.97 Å². The fourth-order valence-electron chi connectivity index (χ4n) is 2.43. The first-order chi connectivity index (χ1) is 11.5. The maximum atomic E-state index is 11.8. The van der Waals surface area contributed by atoms with Crippen LogP contribution in [-0.4, -0.2) is 32.8 Å². The predicted octanol–water partition coefficient (Wildman–Crippen LogP) is 2.64. The Labute approximate surface area is 142 Å². The highest BCUT2D eigenvalue weighted by Gasteiger charge is 2.11. The van der Waals surface area contributed by atoms with Crippen LogP contribution in [0.15, 0.2) is 18.2 Å². The van der Waals surface area contributed by atoms with Gasteiger partial charge in [-0.1, -0.05) is 26.8 Å². The van der Waals surface area contributed by atoms with E-state index in [1.807, 2.05) is 32.0 Å². The van der Waals surface area contributed by atoms with Crippen LogP contribution >= 0.6 is 0 Å². The summed E-state index contributed by atoms with van der Waals surface area (Å²) >= 11 is 0. The fraction of sp³-hybridized carbons (Fsp3) is 0.529. The summed E-state index contributed by atoms with van der Waals surface area (Å²) in [4.78, 5) is 11.8. The highest BCUT2D eigenvalue weighted by atomic mass is 16.6. The Kier molecular flexibility index (Phi) is 6.28. The van der Waals surface area contributed by atoms with Crippen molar-refractivity contribution in [1.29, 1.82) is 0 Å². The number of hydrogen-bond donors (Lipinski definition) is 0. The Hall–Kier alpha value is -2.44. The van der Waals surface area contributed by atoms with E-state index in [9.17, 15) is 4.79 Å². The van der Waals surface area contributed by atoms with Crippen molar-refractivity contribution in [3.05, 3.63) is 35.2 Å². The lowest BCUT2D eigenvalue weighted by atomic mass is 9.98. The first-order valence-electron chi connectivity index (χ1n) is 8.15. The Balaban J connectivity index is 1.83. The van der Waals surface area contributed by atoms with Crippen molar-refractivity contribution in [2.24, 2.45) is 0 Å². The minimum Gasteiger partial charge on any atom is -0.482 e. The van der Waals surface area contributed by atoms with Gasteiger partial charge in [0, 0.05) is 6.54 Å². The summed E-state index contributed by atoms with van der Waals surface area (Å²) in [6.45, 7) is 8.94. The number of carbonyl (C=O) groups excluding carboxylic acids is 1. The van der Waals surface area contributed by atoms with E-state index in [0.29, 0.717) is 24.0 Å². The molecule has 1 aromatic heterocycles. The molecule has 2 aromatic rings. The molecule has 130 valence electrons. The molecule has 0 saturated heterocycles. The lowest BCUT2D eigenvalue weighted by Gasteiger charge is -2.12. The van der Waals surface area contributed by atoms with Gasteiger partial charge in [0.2, 0.25) is 0 Å². The minimum atomic E-state index is -0.452. The molecule has 0 unspecified atom stereocenters. The van der Waals surface area contributed by atoms with Crippen molar-refractivity contribution in [3.63, 3.8) is 0 Å². The zero-order valence-electron chi connectivity index (χ0n) is 14.7. The molecule has 1 heterocycles. The van der Waals surface area contributed by atoms with Gasteiger partial charge in [-0.25, -0.2) is 9.48 Å². The Morgan fingerprint density at radius 2 is 2.12 bits per heavy atom. The second-order valence-corrected chi connectivity index (χ2v) is 5.94. The van der Waals surface area contributed by atoms with Crippen LogP contribution in [0.25, 0.3) is 0 Å². The summed E-state index contributed by atoms with van der Waals surface area (Å²) in [5.41, 5.74) is 2.42. The molecule has 0 aliphatic carbocycles. The average molecular weight is 332 g/mol. The maximum Gasteiger partial charge on any atom is 0.344 e. The smallest absolute Gasteiger partial charge is 0.344 e. The average Bonchev–Trinajstić information content (AvgIpc) is 2.98. The van der Waals surface area contributed by atoms with Gasteiger partial charge in [-0.15, -0.1) is 5.10 Å². The lowest BCUT2D eigenvalue weighted by Crippen LogP contribution is -2.16. The lowest BCUT2D eigenvalue weighted by molar-refractivity contribution is -0.147.